The molecule has 3 amide bonds. The van der Waals surface area contributed by atoms with E-state index in [9.17, 15) is 51.3 Å². The fourth-order valence-corrected chi connectivity index (χ4v) is 9.59. The molecule has 0 spiro atoms. The number of likely N-dealkylation sites (tertiary alicyclic amines) is 1. The van der Waals surface area contributed by atoms with E-state index in [1.54, 1.807) is 41.2 Å². The van der Waals surface area contributed by atoms with Gasteiger partial charge in [0.05, 0.1) is 24.8 Å². The molecule has 20 heteroatoms. The maximum absolute atomic E-state index is 14.6. The van der Waals surface area contributed by atoms with E-state index < -0.39 is 37.0 Å². The van der Waals surface area contributed by atoms with Crippen molar-refractivity contribution in [3.8, 4) is 11.1 Å². The van der Waals surface area contributed by atoms with Gasteiger partial charge in [-0.25, -0.2) is 8.78 Å². The molecule has 15 nitrogen and oxygen atoms in total. The van der Waals surface area contributed by atoms with Gasteiger partial charge in [-0.05, 0) is 78.6 Å². The minimum absolute atomic E-state index is 0.0367. The number of hydrogen-bond acceptors (Lipinski definition) is 10. The predicted octanol–water partition coefficient (Wildman–Crippen LogP) is 4.85. The maximum atomic E-state index is 14.6. The highest BCUT2D eigenvalue weighted by Crippen LogP contribution is 2.40. The van der Waals surface area contributed by atoms with Crippen LogP contribution in [0.2, 0.25) is 0 Å². The van der Waals surface area contributed by atoms with E-state index in [0.717, 1.165) is 16.7 Å². The SMILES string of the molecule is CNC(=O)C(CCC=O)N(C)C(=O)c1cc2c(cc1C=O)CN(CC(=O)N1CCC(NC3=C(C(=N)N4CCCc5cc(-c6cnn(C)c6)c(C(F)F)cc54)CN(CC(F)(F)F)CC3)CC1)C2. The number of aromatic nitrogens is 2. The number of carbonyl (C=O) groups excluding carboxylic acids is 5. The van der Waals surface area contributed by atoms with Crippen LogP contribution in [-0.2, 0) is 40.9 Å². The number of anilines is 1. The van der Waals surface area contributed by atoms with Crippen molar-refractivity contribution >= 4 is 41.8 Å². The van der Waals surface area contributed by atoms with Crippen molar-refractivity contribution in [3.63, 3.8) is 0 Å². The molecule has 1 fully saturated rings. The van der Waals surface area contributed by atoms with E-state index in [0.29, 0.717) is 99.1 Å². The molecule has 7 rings (SSSR count). The van der Waals surface area contributed by atoms with Gasteiger partial charge in [-0.3, -0.25) is 39.1 Å². The van der Waals surface area contributed by atoms with Crippen molar-refractivity contribution < 1.29 is 45.9 Å². The van der Waals surface area contributed by atoms with Crippen molar-refractivity contribution in [1.29, 1.82) is 5.41 Å². The number of aryl methyl sites for hydroxylation is 2. The molecule has 0 radical (unpaired) electrons. The van der Waals surface area contributed by atoms with Crippen LogP contribution < -0.4 is 15.5 Å². The number of nitrogens with one attached hydrogen (secondary N) is 3. The number of nitrogens with zero attached hydrogens (tertiary/aromatic N) is 7. The van der Waals surface area contributed by atoms with Gasteiger partial charge in [0.25, 0.3) is 12.3 Å². The van der Waals surface area contributed by atoms with Crippen LogP contribution in [0, 0.1) is 5.41 Å². The number of amidine groups is 1. The Labute approximate surface area is 379 Å². The average Bonchev–Trinajstić information content (AvgIpc) is 3.92. The smallest absolute Gasteiger partial charge is 0.385 e. The lowest BCUT2D eigenvalue weighted by molar-refractivity contribution is -0.145. The van der Waals surface area contributed by atoms with Crippen molar-refractivity contribution in [1.82, 2.24) is 40.0 Å². The Morgan fingerprint density at radius 2 is 1.70 bits per heavy atom. The third-order valence-corrected chi connectivity index (χ3v) is 13.0. The van der Waals surface area contributed by atoms with E-state index in [2.05, 4.69) is 15.7 Å². The van der Waals surface area contributed by atoms with Gasteiger partial charge in [-0.15, -0.1) is 0 Å². The molecule has 0 aliphatic carbocycles. The van der Waals surface area contributed by atoms with Crippen LogP contribution in [0.4, 0.5) is 27.6 Å². The van der Waals surface area contributed by atoms with Crippen LogP contribution in [0.15, 0.2) is 47.9 Å². The quantitative estimate of drug-likeness (QED) is 0.0831. The predicted molar refractivity (Wildman–Crippen MR) is 235 cm³/mol. The first-order chi connectivity index (χ1) is 31.5. The Kier molecular flexibility index (Phi) is 14.7. The summed E-state index contributed by atoms with van der Waals surface area (Å²) in [6.45, 7) is 0.727. The molecule has 1 atom stereocenters. The molecule has 3 N–H and O–H groups in total. The molecule has 0 bridgehead atoms. The Balaban J connectivity index is 1.02. The Bertz CT molecular complexity index is 2390. The van der Waals surface area contributed by atoms with Gasteiger partial charge in [-0.2, -0.15) is 18.3 Å². The lowest BCUT2D eigenvalue weighted by Crippen LogP contribution is -2.50. The number of benzene rings is 2. The number of alkyl halides is 5. The first-order valence-electron chi connectivity index (χ1n) is 22.1. The van der Waals surface area contributed by atoms with Gasteiger partial charge in [0.1, 0.15) is 18.2 Å². The van der Waals surface area contributed by atoms with Crippen molar-refractivity contribution in [3.05, 3.63) is 81.3 Å². The van der Waals surface area contributed by atoms with Crippen LogP contribution in [0.5, 0.6) is 0 Å². The zero-order valence-corrected chi connectivity index (χ0v) is 37.2. The number of fused-ring (bicyclic) bond motifs is 2. The molecule has 4 aliphatic heterocycles. The minimum atomic E-state index is -4.46. The summed E-state index contributed by atoms with van der Waals surface area (Å²) in [4.78, 5) is 70.9. The number of aldehydes is 2. The zero-order chi connectivity index (χ0) is 47.4. The first kappa shape index (κ1) is 47.9. The summed E-state index contributed by atoms with van der Waals surface area (Å²) in [6, 6.07) is 5.31. The van der Waals surface area contributed by atoms with E-state index >= 15 is 0 Å². The van der Waals surface area contributed by atoms with Crippen LogP contribution in [0.1, 0.15) is 87.9 Å². The standard InChI is InChI=1S/C46H55F5N10O5/c1-53-44(65)39(7-5-15-62)57(3)45(66)35-18-30-23-59(22-29(30)16-31(35)26-63)25-41(64)60-13-8-33(9-14-60)55-38-10-12-58(27-46(49,50)51)24-37(38)43(52)61-11-4-6-28-17-34(32-20-54-56(2)21-32)36(42(47)48)19-40(28)61/h15-21,26,33,39,42,52,55H,4-14,22-25,27H2,1-3H3,(H,53,65). The van der Waals surface area contributed by atoms with Gasteiger partial charge in [0, 0.05) is 126 Å². The summed E-state index contributed by atoms with van der Waals surface area (Å²) in [6.07, 6.45) is -0.200. The highest BCUT2D eigenvalue weighted by atomic mass is 19.4. The summed E-state index contributed by atoms with van der Waals surface area (Å²) >= 11 is 0. The molecule has 3 aromatic rings. The third kappa shape index (κ3) is 10.6. The molecule has 1 saturated heterocycles. The first-order valence-corrected chi connectivity index (χ1v) is 22.1. The van der Waals surface area contributed by atoms with Gasteiger partial charge < -0.3 is 30.1 Å². The number of halogens is 5. The van der Waals surface area contributed by atoms with Gasteiger partial charge >= 0.3 is 6.18 Å². The molecule has 4 aliphatic rings. The highest BCUT2D eigenvalue weighted by molar-refractivity contribution is 6.09. The number of rotatable bonds is 15. The fraction of sp³-hybridized carbons (Fsp3) is 0.500. The second-order valence-corrected chi connectivity index (χ2v) is 17.5. The minimum Gasteiger partial charge on any atom is -0.385 e. The van der Waals surface area contributed by atoms with Crippen LogP contribution in [-0.4, -0.2) is 144 Å². The summed E-state index contributed by atoms with van der Waals surface area (Å²) in [5, 5.41) is 19.6. The molecular weight excluding hydrogens is 868 g/mol. The molecular formula is C46H55F5N10O5. The summed E-state index contributed by atoms with van der Waals surface area (Å²) in [5.41, 5.74) is 4.70. The van der Waals surface area contributed by atoms with E-state index in [1.165, 1.54) is 40.8 Å². The van der Waals surface area contributed by atoms with Crippen LogP contribution in [0.25, 0.3) is 11.1 Å². The average molecular weight is 923 g/mol. The summed E-state index contributed by atoms with van der Waals surface area (Å²) in [7, 11) is 4.58. The van der Waals surface area contributed by atoms with Crippen molar-refractivity contribution in [2.45, 2.75) is 82.7 Å². The number of piperidine rings is 1. The zero-order valence-electron chi connectivity index (χ0n) is 37.2. The highest BCUT2D eigenvalue weighted by Gasteiger charge is 2.37. The Morgan fingerprint density at radius 1 is 0.970 bits per heavy atom. The molecule has 2 aromatic carbocycles. The van der Waals surface area contributed by atoms with Gasteiger partial charge in [-0.1, -0.05) is 0 Å². The van der Waals surface area contributed by atoms with Gasteiger partial charge in [0.2, 0.25) is 11.8 Å². The third-order valence-electron chi connectivity index (χ3n) is 13.0. The topological polar surface area (TPSA) is 167 Å². The summed E-state index contributed by atoms with van der Waals surface area (Å²) in [5.74, 6) is -1.14. The molecule has 0 saturated carbocycles. The maximum Gasteiger partial charge on any atom is 0.401 e. The molecule has 1 unspecified atom stereocenters. The van der Waals surface area contributed by atoms with E-state index in [1.807, 2.05) is 4.90 Å². The van der Waals surface area contributed by atoms with E-state index in [-0.39, 0.29) is 73.4 Å². The second kappa shape index (κ2) is 20.2. The van der Waals surface area contributed by atoms with E-state index in [4.69, 9.17) is 0 Å². The van der Waals surface area contributed by atoms with Gasteiger partial charge in [0.15, 0.2) is 6.29 Å². The van der Waals surface area contributed by atoms with Crippen LogP contribution >= 0.6 is 0 Å². The summed E-state index contributed by atoms with van der Waals surface area (Å²) < 4.78 is 71.8. The largest absolute Gasteiger partial charge is 0.401 e. The number of amides is 3. The number of likely N-dealkylation sites (N-methyl/N-ethyl adjacent to an activating group) is 2. The lowest BCUT2D eigenvalue weighted by Gasteiger charge is -2.39. The van der Waals surface area contributed by atoms with Crippen LogP contribution in [0.3, 0.4) is 0 Å². The second-order valence-electron chi connectivity index (χ2n) is 17.5. The normalized spacial score (nSPS) is 17.7. The molecule has 1 aromatic heterocycles. The molecule has 66 heavy (non-hydrogen) atoms. The van der Waals surface area contributed by atoms with Crippen molar-refractivity contribution in [2.75, 3.05) is 64.8 Å². The van der Waals surface area contributed by atoms with Crippen molar-refractivity contribution in [2.24, 2.45) is 7.05 Å². The molecule has 5 heterocycles. The lowest BCUT2D eigenvalue weighted by atomic mass is 9.92. The molecule has 354 valence electrons. The number of hydrogen-bond donors (Lipinski definition) is 3. The Morgan fingerprint density at radius 3 is 2.33 bits per heavy atom. The monoisotopic (exact) mass is 922 g/mol. The Hall–Kier alpha value is -6.02. The fourth-order valence-electron chi connectivity index (χ4n) is 9.59. The number of carbonyl (C=O) groups is 5.